The first-order valence-electron chi connectivity index (χ1n) is 7.88. The summed E-state index contributed by atoms with van der Waals surface area (Å²) in [4.78, 5) is 0. The molecule has 0 aliphatic carbocycles. The number of allylic oxidation sites excluding steroid dienone is 1. The Hall–Kier alpha value is -1.27. The van der Waals surface area contributed by atoms with Crippen LogP contribution in [0.4, 0.5) is 0 Å². The minimum absolute atomic E-state index is 0.0264. The first-order valence-corrected chi connectivity index (χ1v) is 10.4. The van der Waals surface area contributed by atoms with Crippen molar-refractivity contribution in [3.05, 3.63) is 82.0 Å². The van der Waals surface area contributed by atoms with E-state index in [1.54, 1.807) is 0 Å². The summed E-state index contributed by atoms with van der Waals surface area (Å²) in [7, 11) is 0. The molecule has 1 unspecified atom stereocenters. The van der Waals surface area contributed by atoms with E-state index in [0.717, 1.165) is 10.9 Å². The van der Waals surface area contributed by atoms with Crippen molar-refractivity contribution in [2.45, 2.75) is 25.2 Å². The van der Waals surface area contributed by atoms with Gasteiger partial charge in [-0.3, -0.25) is 0 Å². The van der Waals surface area contributed by atoms with Crippen molar-refractivity contribution in [3.8, 4) is 0 Å². The van der Waals surface area contributed by atoms with Gasteiger partial charge in [-0.05, 0) is 29.2 Å². The van der Waals surface area contributed by atoms with Crippen LogP contribution in [0.15, 0.2) is 65.3 Å². The zero-order chi connectivity index (χ0) is 16.2. The van der Waals surface area contributed by atoms with Crippen LogP contribution in [0.1, 0.15) is 23.6 Å². The van der Waals surface area contributed by atoms with Gasteiger partial charge in [-0.2, -0.15) is 0 Å². The number of fused-ring (bicyclic) bond motifs is 1. The first-order chi connectivity index (χ1) is 11.2. The normalized spacial score (nSPS) is 23.4. The molecule has 2 aromatic rings. The van der Waals surface area contributed by atoms with E-state index in [4.69, 9.17) is 4.74 Å². The Labute approximate surface area is 152 Å². The molecule has 0 fully saturated rings. The number of ether oxygens (including phenoxy) is 1. The van der Waals surface area contributed by atoms with Gasteiger partial charge in [0.1, 0.15) is 6.10 Å². The third-order valence-corrected chi connectivity index (χ3v) is 5.80. The van der Waals surface area contributed by atoms with E-state index in [0.29, 0.717) is 0 Å². The average molecular weight is 382 g/mol. The average Bonchev–Trinajstić information content (AvgIpc) is 2.63. The molecule has 3 heteroatoms. The van der Waals surface area contributed by atoms with Crippen molar-refractivity contribution in [2.75, 3.05) is 0 Å². The number of rotatable bonds is 2. The monoisotopic (exact) mass is 381 g/mol. The molecule has 0 saturated heterocycles. The van der Waals surface area contributed by atoms with Crippen LogP contribution in [0.2, 0.25) is 5.79 Å². The Morgan fingerprint density at radius 1 is 1.04 bits per heavy atom. The Morgan fingerprint density at radius 2 is 1.74 bits per heavy atom. The lowest BCUT2D eigenvalue weighted by molar-refractivity contribution is 0.211. The summed E-state index contributed by atoms with van der Waals surface area (Å²) in [6, 6.07) is 19.4. The van der Waals surface area contributed by atoms with Crippen LogP contribution >= 0.6 is 15.9 Å². The number of hydrogen-bond acceptors (Lipinski definition) is 1. The predicted molar refractivity (Wildman–Crippen MR) is 103 cm³/mol. The van der Waals surface area contributed by atoms with Crippen molar-refractivity contribution in [1.29, 1.82) is 0 Å². The van der Waals surface area contributed by atoms with Gasteiger partial charge in [-0.15, -0.1) is 10.2 Å². The fourth-order valence-electron chi connectivity index (χ4n) is 3.09. The molecule has 2 aromatic carbocycles. The maximum absolute atomic E-state index is 6.05. The van der Waals surface area contributed by atoms with Gasteiger partial charge in [-0.25, -0.2) is 0 Å². The molecule has 1 atom stereocenters. The molecule has 1 aliphatic heterocycles. The molecule has 1 nitrogen and oxygen atoms in total. The molecule has 0 bridgehead atoms. The van der Waals surface area contributed by atoms with Gasteiger partial charge in [0.05, 0.1) is 6.26 Å². The minimum atomic E-state index is 0.0264. The maximum atomic E-state index is 6.05. The maximum Gasteiger partial charge on any atom is 0.248 e. The van der Waals surface area contributed by atoms with Crippen LogP contribution in [-0.2, 0) is 11.2 Å². The van der Waals surface area contributed by atoms with Gasteiger partial charge < -0.3 is 4.74 Å². The lowest BCUT2D eigenvalue weighted by Crippen LogP contribution is -2.12. The second kappa shape index (κ2) is 7.53. The number of hydrogen-bond donors (Lipinski definition) is 0. The van der Waals surface area contributed by atoms with Gasteiger partial charge >= 0.3 is 0 Å². The van der Waals surface area contributed by atoms with Gasteiger partial charge in [0.15, 0.2) is 0 Å². The summed E-state index contributed by atoms with van der Waals surface area (Å²) in [5.41, 5.74) is 5.29. The van der Waals surface area contributed by atoms with E-state index in [9.17, 15) is 0 Å². The highest BCUT2D eigenvalue weighted by atomic mass is 79.9. The highest BCUT2D eigenvalue weighted by molar-refractivity contribution is 9.11. The Balaban J connectivity index is 2.28. The third-order valence-electron chi connectivity index (χ3n) is 4.14. The molecule has 3 rings (SSSR count). The van der Waals surface area contributed by atoms with Crippen molar-refractivity contribution >= 4 is 41.2 Å². The minimum Gasteiger partial charge on any atom is -0.493 e. The molecule has 1 radical (unpaired) electrons. The van der Waals surface area contributed by atoms with Gasteiger partial charge in [0.2, 0.25) is 15.2 Å². The van der Waals surface area contributed by atoms with Crippen molar-refractivity contribution in [2.24, 2.45) is 0 Å². The van der Waals surface area contributed by atoms with Gasteiger partial charge in [0, 0.05) is 10.9 Å². The Morgan fingerprint density at radius 3 is 2.48 bits per heavy atom. The van der Waals surface area contributed by atoms with Crippen LogP contribution < -0.4 is 0 Å². The van der Waals surface area contributed by atoms with E-state index in [2.05, 4.69) is 83.2 Å². The van der Waals surface area contributed by atoms with Crippen LogP contribution in [0.25, 0.3) is 10.0 Å². The van der Waals surface area contributed by atoms with Crippen LogP contribution in [0.5, 0.6) is 0 Å². The fourth-order valence-corrected chi connectivity index (χ4v) is 4.80. The van der Waals surface area contributed by atoms with E-state index in [1.807, 2.05) is 6.26 Å². The molecule has 0 aromatic heterocycles. The molecule has 0 amide bonds. The summed E-state index contributed by atoms with van der Waals surface area (Å²) in [5, 5.41) is 0. The van der Waals surface area contributed by atoms with Crippen molar-refractivity contribution in [3.63, 3.8) is 0 Å². The molecule has 0 saturated carbocycles. The molecule has 1 heterocycles. The molecule has 1 aliphatic rings. The largest absolute Gasteiger partial charge is 0.493 e. The SMILES string of the molecule is [CH3][Al]/[C]1=C(\c2ccccc2)C(C)O/C=C(/Br)Cc2ccccc21. The van der Waals surface area contributed by atoms with Gasteiger partial charge in [0.25, 0.3) is 0 Å². The fraction of sp³-hybridized carbons (Fsp3) is 0.200. The second-order valence-corrected chi connectivity index (χ2v) is 7.83. The second-order valence-electron chi connectivity index (χ2n) is 5.66. The quantitative estimate of drug-likeness (QED) is 0.623. The molecular formula is C20H19AlBrO. The lowest BCUT2D eigenvalue weighted by Gasteiger charge is -2.22. The van der Waals surface area contributed by atoms with Crippen molar-refractivity contribution < 1.29 is 4.74 Å². The molecule has 23 heavy (non-hydrogen) atoms. The molecule has 0 spiro atoms. The molecule has 115 valence electrons. The van der Waals surface area contributed by atoms with E-state index in [-0.39, 0.29) is 21.3 Å². The highest BCUT2D eigenvalue weighted by Crippen LogP contribution is 2.34. The lowest BCUT2D eigenvalue weighted by atomic mass is 9.95. The standard InChI is InChI=1S/C19H16BrO.CH3.Al/c1-14-19(15-7-3-2-4-8-15)12-17-10-6-5-9-16(17)11-18(20)13-21-14;;/h2-10,13-14H,11H2,1H3;1H3;/b18-13+,19-12?;;. The number of halogens is 1. The summed E-state index contributed by atoms with van der Waals surface area (Å²) >= 11 is 3.82. The summed E-state index contributed by atoms with van der Waals surface area (Å²) < 4.78 is 8.59. The zero-order valence-corrected chi connectivity index (χ0v) is 16.2. The van der Waals surface area contributed by atoms with E-state index in [1.165, 1.54) is 26.7 Å². The molecule has 0 N–H and O–H groups in total. The van der Waals surface area contributed by atoms with Crippen molar-refractivity contribution in [1.82, 2.24) is 0 Å². The molecular weight excluding hydrogens is 363 g/mol. The Bertz CT molecular complexity index is 749. The van der Waals surface area contributed by atoms with Crippen LogP contribution in [0.3, 0.4) is 0 Å². The summed E-state index contributed by atoms with van der Waals surface area (Å²) in [6.45, 7) is 2.14. The van der Waals surface area contributed by atoms with E-state index >= 15 is 0 Å². The van der Waals surface area contributed by atoms with Gasteiger partial charge in [-0.1, -0.05) is 70.5 Å². The van der Waals surface area contributed by atoms with Crippen LogP contribution in [0, 0.1) is 0 Å². The summed E-state index contributed by atoms with van der Waals surface area (Å²) in [5.74, 6) is 2.31. The zero-order valence-electron chi connectivity index (χ0n) is 13.4. The topological polar surface area (TPSA) is 9.23 Å². The smallest absolute Gasteiger partial charge is 0.248 e. The predicted octanol–water partition coefficient (Wildman–Crippen LogP) is 5.50. The summed E-state index contributed by atoms with van der Waals surface area (Å²) in [6.07, 6.45) is 2.75. The van der Waals surface area contributed by atoms with Crippen LogP contribution in [-0.4, -0.2) is 21.3 Å². The Kier molecular flexibility index (Phi) is 5.43. The number of benzene rings is 2. The first kappa shape index (κ1) is 16.6. The third kappa shape index (κ3) is 3.64. The highest BCUT2D eigenvalue weighted by Gasteiger charge is 2.20. The van der Waals surface area contributed by atoms with E-state index < -0.39 is 0 Å².